The summed E-state index contributed by atoms with van der Waals surface area (Å²) < 4.78 is 16.0. The summed E-state index contributed by atoms with van der Waals surface area (Å²) in [5, 5.41) is 0. The van der Waals surface area contributed by atoms with E-state index in [4.69, 9.17) is 14.2 Å². The van der Waals surface area contributed by atoms with Gasteiger partial charge in [0, 0.05) is 12.0 Å². The molecule has 2 aromatic rings. The first-order valence-electron chi connectivity index (χ1n) is 9.33. The molecule has 0 saturated carbocycles. The second-order valence-electron chi connectivity index (χ2n) is 6.34. The first kappa shape index (κ1) is 19.5. The Kier molecular flexibility index (Phi) is 6.68. The van der Waals surface area contributed by atoms with E-state index in [0.29, 0.717) is 12.4 Å². The van der Waals surface area contributed by atoms with Crippen LogP contribution in [0.4, 0.5) is 0 Å². The molecule has 2 aromatic carbocycles. The monoisotopic (exact) mass is 376 g/mol. The molecule has 0 fully saturated rings. The number of carbonyl (C=O) groups is 1. The van der Waals surface area contributed by atoms with Gasteiger partial charge in [-0.1, -0.05) is 30.3 Å². The van der Waals surface area contributed by atoms with E-state index in [-0.39, 0.29) is 5.92 Å². The molecule has 0 aliphatic heterocycles. The second kappa shape index (κ2) is 9.60. The van der Waals surface area contributed by atoms with E-state index in [1.54, 1.807) is 13.2 Å². The van der Waals surface area contributed by atoms with Crippen molar-refractivity contribution in [2.24, 2.45) is 0 Å². The van der Waals surface area contributed by atoms with Crippen molar-refractivity contribution >= 4 is 12.0 Å². The number of rotatable bonds is 7. The topological polar surface area (TPSA) is 44.8 Å². The summed E-state index contributed by atoms with van der Waals surface area (Å²) in [6, 6.07) is 15.6. The van der Waals surface area contributed by atoms with Gasteiger partial charge in [0.2, 0.25) is 0 Å². The molecule has 0 bridgehead atoms. The van der Waals surface area contributed by atoms with Gasteiger partial charge in [-0.15, -0.1) is 0 Å². The number of methoxy groups -OCH3 is 1. The van der Waals surface area contributed by atoms with Crippen LogP contribution in [-0.2, 0) is 9.53 Å². The Bertz CT molecular complexity index is 874. The molecule has 0 spiro atoms. The minimum Gasteiger partial charge on any atom is -0.497 e. The third kappa shape index (κ3) is 5.36. The molecule has 0 saturated heterocycles. The van der Waals surface area contributed by atoms with Gasteiger partial charge in [0.25, 0.3) is 0 Å². The third-order valence-corrected chi connectivity index (χ3v) is 4.43. The molecule has 1 atom stereocenters. The zero-order valence-corrected chi connectivity index (χ0v) is 16.1. The standard InChI is InChI=1S/C24H24O4/c1-3-27-22-13-7-19(8-14-22)20-9-15-23(16-10-20)28-24(25)17-6-18-4-11-21(26-2)12-5-18/h4-9,11-17,20H,3,10H2,1-2H3/b17-6+. The summed E-state index contributed by atoms with van der Waals surface area (Å²) in [4.78, 5) is 12.0. The molecule has 4 nitrogen and oxygen atoms in total. The lowest BCUT2D eigenvalue weighted by Crippen LogP contribution is -2.04. The van der Waals surface area contributed by atoms with Crippen LogP contribution in [0.2, 0.25) is 0 Å². The smallest absolute Gasteiger partial charge is 0.336 e. The fraction of sp³-hybridized carbons (Fsp3) is 0.208. The number of hydrogen-bond acceptors (Lipinski definition) is 4. The Hall–Kier alpha value is -3.27. The minimum atomic E-state index is -0.397. The maximum absolute atomic E-state index is 12.0. The van der Waals surface area contributed by atoms with E-state index in [9.17, 15) is 4.79 Å². The Labute approximate surface area is 165 Å². The summed E-state index contributed by atoms with van der Waals surface area (Å²) in [7, 11) is 1.62. The van der Waals surface area contributed by atoms with E-state index in [1.165, 1.54) is 11.6 Å². The summed E-state index contributed by atoms with van der Waals surface area (Å²) in [6.45, 7) is 2.63. The normalized spacial score (nSPS) is 15.9. The Morgan fingerprint density at radius 3 is 2.39 bits per heavy atom. The minimum absolute atomic E-state index is 0.271. The number of allylic oxidation sites excluding steroid dienone is 3. The molecule has 1 unspecified atom stereocenters. The van der Waals surface area contributed by atoms with Gasteiger partial charge < -0.3 is 14.2 Å². The van der Waals surface area contributed by atoms with E-state index < -0.39 is 5.97 Å². The third-order valence-electron chi connectivity index (χ3n) is 4.43. The van der Waals surface area contributed by atoms with Crippen molar-refractivity contribution in [3.05, 3.63) is 89.7 Å². The first-order chi connectivity index (χ1) is 13.7. The van der Waals surface area contributed by atoms with E-state index >= 15 is 0 Å². The molecule has 4 heteroatoms. The average Bonchev–Trinajstić information content (AvgIpc) is 2.74. The van der Waals surface area contributed by atoms with Crippen LogP contribution in [0.15, 0.2) is 78.6 Å². The summed E-state index contributed by atoms with van der Waals surface area (Å²) in [5.41, 5.74) is 2.11. The quantitative estimate of drug-likeness (QED) is 0.487. The van der Waals surface area contributed by atoms with Crippen LogP contribution in [0.1, 0.15) is 30.4 Å². The lowest BCUT2D eigenvalue weighted by atomic mass is 9.92. The van der Waals surface area contributed by atoms with E-state index in [0.717, 1.165) is 23.5 Å². The van der Waals surface area contributed by atoms with E-state index in [1.807, 2.05) is 55.5 Å². The molecule has 0 aromatic heterocycles. The molecular formula is C24H24O4. The summed E-state index contributed by atoms with van der Waals surface area (Å²) in [6.07, 6.45) is 9.79. The number of benzene rings is 2. The fourth-order valence-corrected chi connectivity index (χ4v) is 2.93. The van der Waals surface area contributed by atoms with Crippen LogP contribution in [0.25, 0.3) is 6.08 Å². The number of carbonyl (C=O) groups excluding carboxylic acids is 1. The zero-order chi connectivity index (χ0) is 19.8. The molecule has 3 rings (SSSR count). The summed E-state index contributed by atoms with van der Waals surface area (Å²) in [5.74, 6) is 2.10. The molecule has 28 heavy (non-hydrogen) atoms. The first-order valence-corrected chi connectivity index (χ1v) is 9.33. The van der Waals surface area contributed by atoms with Gasteiger partial charge >= 0.3 is 5.97 Å². The molecule has 0 amide bonds. The lowest BCUT2D eigenvalue weighted by Gasteiger charge is -2.16. The van der Waals surface area contributed by atoms with Crippen molar-refractivity contribution < 1.29 is 19.0 Å². The molecule has 0 heterocycles. The van der Waals surface area contributed by atoms with Gasteiger partial charge in [0.05, 0.1) is 13.7 Å². The highest BCUT2D eigenvalue weighted by Crippen LogP contribution is 2.28. The van der Waals surface area contributed by atoms with E-state index in [2.05, 4.69) is 18.2 Å². The molecule has 0 radical (unpaired) electrons. The van der Waals surface area contributed by atoms with Crippen LogP contribution in [-0.4, -0.2) is 19.7 Å². The highest BCUT2D eigenvalue weighted by molar-refractivity contribution is 5.88. The molecule has 0 N–H and O–H groups in total. The number of hydrogen-bond donors (Lipinski definition) is 0. The van der Waals surface area contributed by atoms with Gasteiger partial charge in [0.1, 0.15) is 17.3 Å². The van der Waals surface area contributed by atoms with Crippen LogP contribution in [0.3, 0.4) is 0 Å². The van der Waals surface area contributed by atoms with Gasteiger partial charge in [-0.3, -0.25) is 0 Å². The zero-order valence-electron chi connectivity index (χ0n) is 16.1. The molecule has 1 aliphatic rings. The van der Waals surface area contributed by atoms with Crippen LogP contribution < -0.4 is 9.47 Å². The van der Waals surface area contributed by atoms with Gasteiger partial charge in [-0.05, 0) is 67.0 Å². The predicted octanol–water partition coefficient (Wildman–Crippen LogP) is 5.28. The number of esters is 1. The SMILES string of the molecule is CCOc1ccc(C2C=CC(OC(=O)/C=C/c3ccc(OC)cc3)=CC2)cc1. The summed E-state index contributed by atoms with van der Waals surface area (Å²) >= 11 is 0. The maximum Gasteiger partial charge on any atom is 0.336 e. The Balaban J connectivity index is 1.52. The van der Waals surface area contributed by atoms with Gasteiger partial charge in [0.15, 0.2) is 0 Å². The van der Waals surface area contributed by atoms with Crippen molar-refractivity contribution in [1.82, 2.24) is 0 Å². The molecular weight excluding hydrogens is 352 g/mol. The lowest BCUT2D eigenvalue weighted by molar-refractivity contribution is -0.133. The predicted molar refractivity (Wildman–Crippen MR) is 110 cm³/mol. The number of ether oxygens (including phenoxy) is 3. The van der Waals surface area contributed by atoms with Crippen molar-refractivity contribution in [3.8, 4) is 11.5 Å². The van der Waals surface area contributed by atoms with Crippen molar-refractivity contribution in [1.29, 1.82) is 0 Å². The van der Waals surface area contributed by atoms with Crippen molar-refractivity contribution in [2.45, 2.75) is 19.3 Å². The average molecular weight is 376 g/mol. The van der Waals surface area contributed by atoms with Crippen LogP contribution >= 0.6 is 0 Å². The fourth-order valence-electron chi connectivity index (χ4n) is 2.93. The maximum atomic E-state index is 12.0. The second-order valence-corrected chi connectivity index (χ2v) is 6.34. The highest BCUT2D eigenvalue weighted by atomic mass is 16.5. The molecule has 144 valence electrons. The van der Waals surface area contributed by atoms with Crippen molar-refractivity contribution in [2.75, 3.05) is 13.7 Å². The van der Waals surface area contributed by atoms with Gasteiger partial charge in [-0.25, -0.2) is 4.79 Å². The van der Waals surface area contributed by atoms with Crippen molar-refractivity contribution in [3.63, 3.8) is 0 Å². The van der Waals surface area contributed by atoms with Crippen LogP contribution in [0.5, 0.6) is 11.5 Å². The van der Waals surface area contributed by atoms with Crippen LogP contribution in [0, 0.1) is 0 Å². The molecule has 1 aliphatic carbocycles. The Morgan fingerprint density at radius 1 is 1.07 bits per heavy atom. The largest absolute Gasteiger partial charge is 0.497 e. The Morgan fingerprint density at radius 2 is 1.79 bits per heavy atom. The highest BCUT2D eigenvalue weighted by Gasteiger charge is 2.13. The van der Waals surface area contributed by atoms with Gasteiger partial charge in [-0.2, -0.15) is 0 Å².